The van der Waals surface area contributed by atoms with Crippen LogP contribution in [-0.4, -0.2) is 25.6 Å². The molecule has 0 saturated heterocycles. The van der Waals surface area contributed by atoms with E-state index < -0.39 is 0 Å². The molecule has 0 radical (unpaired) electrons. The van der Waals surface area contributed by atoms with Gasteiger partial charge in [0.05, 0.1) is 12.4 Å². The lowest BCUT2D eigenvalue weighted by molar-refractivity contribution is 0.544. The van der Waals surface area contributed by atoms with Gasteiger partial charge in [-0.15, -0.1) is 0 Å². The fraction of sp³-hybridized carbons (Fsp3) is 0.500. The van der Waals surface area contributed by atoms with Crippen molar-refractivity contribution in [2.24, 2.45) is 0 Å². The molecule has 100 valence electrons. The predicted molar refractivity (Wildman–Crippen MR) is 74.1 cm³/mol. The zero-order valence-electron chi connectivity index (χ0n) is 11.6. The molecule has 1 atom stereocenters. The molecule has 19 heavy (non-hydrogen) atoms. The summed E-state index contributed by atoms with van der Waals surface area (Å²) in [6.45, 7) is 7.32. The van der Waals surface area contributed by atoms with E-state index in [4.69, 9.17) is 0 Å². The van der Waals surface area contributed by atoms with Gasteiger partial charge in [-0.3, -0.25) is 0 Å². The molecule has 3 rings (SSSR count). The van der Waals surface area contributed by atoms with Crippen LogP contribution in [0.1, 0.15) is 32.3 Å². The van der Waals surface area contributed by atoms with Crippen molar-refractivity contribution >= 4 is 5.82 Å². The Morgan fingerprint density at radius 2 is 2.21 bits per heavy atom. The van der Waals surface area contributed by atoms with E-state index in [1.165, 1.54) is 5.69 Å². The third-order valence-electron chi connectivity index (χ3n) is 3.35. The summed E-state index contributed by atoms with van der Waals surface area (Å²) in [6, 6.07) is 2.32. The van der Waals surface area contributed by atoms with Crippen LogP contribution in [0, 0.1) is 0 Å². The van der Waals surface area contributed by atoms with Crippen molar-refractivity contribution in [1.82, 2.24) is 19.5 Å². The van der Waals surface area contributed by atoms with Gasteiger partial charge in [-0.25, -0.2) is 15.0 Å². The summed E-state index contributed by atoms with van der Waals surface area (Å²) < 4.78 is 2.18. The van der Waals surface area contributed by atoms with Gasteiger partial charge in [0, 0.05) is 36.5 Å². The van der Waals surface area contributed by atoms with Crippen molar-refractivity contribution in [1.29, 1.82) is 0 Å². The van der Waals surface area contributed by atoms with E-state index in [0.717, 1.165) is 24.6 Å². The molecule has 1 N–H and O–H groups in total. The van der Waals surface area contributed by atoms with Crippen LogP contribution in [0.4, 0.5) is 5.82 Å². The second kappa shape index (κ2) is 4.33. The number of hydrogen-bond acceptors (Lipinski definition) is 4. The highest BCUT2D eigenvalue weighted by atomic mass is 15.1. The average molecular weight is 257 g/mol. The molecule has 1 aliphatic heterocycles. The Morgan fingerprint density at radius 3 is 2.95 bits per heavy atom. The summed E-state index contributed by atoms with van der Waals surface area (Å²) >= 11 is 0. The number of nitrogens with one attached hydrogen (secondary N) is 1. The lowest BCUT2D eigenvalue weighted by Crippen LogP contribution is -2.23. The monoisotopic (exact) mass is 257 g/mol. The number of imidazole rings is 1. The van der Waals surface area contributed by atoms with Crippen LogP contribution in [0.25, 0.3) is 0 Å². The number of anilines is 1. The van der Waals surface area contributed by atoms with Gasteiger partial charge < -0.3 is 9.88 Å². The SMILES string of the molecule is CC(C)(C)c1nccc(NC2Cc3cncn3C2)n1. The van der Waals surface area contributed by atoms with Gasteiger partial charge >= 0.3 is 0 Å². The van der Waals surface area contributed by atoms with Crippen molar-refractivity contribution in [3.8, 4) is 0 Å². The molecule has 1 aliphatic rings. The molecular formula is C14H19N5. The lowest BCUT2D eigenvalue weighted by Gasteiger charge is -2.18. The molecule has 2 aromatic heterocycles. The van der Waals surface area contributed by atoms with Gasteiger partial charge in [-0.05, 0) is 6.07 Å². The van der Waals surface area contributed by atoms with Gasteiger partial charge in [-0.2, -0.15) is 0 Å². The lowest BCUT2D eigenvalue weighted by atomic mass is 9.96. The quantitative estimate of drug-likeness (QED) is 0.894. The fourth-order valence-electron chi connectivity index (χ4n) is 2.34. The van der Waals surface area contributed by atoms with Crippen LogP contribution < -0.4 is 5.32 Å². The van der Waals surface area contributed by atoms with E-state index in [1.807, 2.05) is 24.8 Å². The first kappa shape index (κ1) is 12.1. The van der Waals surface area contributed by atoms with Crippen LogP contribution in [0.5, 0.6) is 0 Å². The Labute approximate surface area is 113 Å². The molecule has 0 bridgehead atoms. The van der Waals surface area contributed by atoms with Gasteiger partial charge in [0.15, 0.2) is 0 Å². The van der Waals surface area contributed by atoms with E-state index in [1.54, 1.807) is 0 Å². The average Bonchev–Trinajstić information content (AvgIpc) is 2.88. The molecule has 5 heteroatoms. The minimum Gasteiger partial charge on any atom is -0.365 e. The van der Waals surface area contributed by atoms with E-state index in [9.17, 15) is 0 Å². The highest BCUT2D eigenvalue weighted by Crippen LogP contribution is 2.21. The van der Waals surface area contributed by atoms with Crippen molar-refractivity contribution in [3.63, 3.8) is 0 Å². The molecule has 0 amide bonds. The van der Waals surface area contributed by atoms with Crippen molar-refractivity contribution in [3.05, 3.63) is 36.3 Å². The number of nitrogens with zero attached hydrogens (tertiary/aromatic N) is 4. The van der Waals surface area contributed by atoms with Crippen molar-refractivity contribution < 1.29 is 0 Å². The molecule has 3 heterocycles. The second-order valence-corrected chi connectivity index (χ2v) is 6.10. The minimum absolute atomic E-state index is 0.0252. The molecule has 0 aromatic carbocycles. The Hall–Kier alpha value is -1.91. The molecule has 0 aliphatic carbocycles. The summed E-state index contributed by atoms with van der Waals surface area (Å²) in [5.74, 6) is 1.78. The summed E-state index contributed by atoms with van der Waals surface area (Å²) in [6.07, 6.45) is 6.64. The topological polar surface area (TPSA) is 55.6 Å². The van der Waals surface area contributed by atoms with Crippen molar-refractivity contribution in [2.45, 2.75) is 45.2 Å². The Bertz CT molecular complexity index is 561. The third kappa shape index (κ3) is 2.45. The maximum Gasteiger partial charge on any atom is 0.135 e. The summed E-state index contributed by atoms with van der Waals surface area (Å²) in [5.41, 5.74) is 1.25. The first-order valence-electron chi connectivity index (χ1n) is 6.61. The molecule has 0 spiro atoms. The van der Waals surface area contributed by atoms with E-state index in [2.05, 4.69) is 45.6 Å². The highest BCUT2D eigenvalue weighted by molar-refractivity contribution is 5.36. The van der Waals surface area contributed by atoms with Crippen LogP contribution in [0.15, 0.2) is 24.8 Å². The summed E-state index contributed by atoms with van der Waals surface area (Å²) in [7, 11) is 0. The third-order valence-corrected chi connectivity index (χ3v) is 3.35. The summed E-state index contributed by atoms with van der Waals surface area (Å²) in [4.78, 5) is 13.1. The Kier molecular flexibility index (Phi) is 2.77. The van der Waals surface area contributed by atoms with Crippen LogP contribution >= 0.6 is 0 Å². The molecule has 2 aromatic rings. The van der Waals surface area contributed by atoms with Gasteiger partial charge in [0.25, 0.3) is 0 Å². The van der Waals surface area contributed by atoms with E-state index in [-0.39, 0.29) is 5.41 Å². The zero-order valence-corrected chi connectivity index (χ0v) is 11.6. The smallest absolute Gasteiger partial charge is 0.135 e. The number of aromatic nitrogens is 4. The van der Waals surface area contributed by atoms with Gasteiger partial charge in [-0.1, -0.05) is 20.8 Å². The number of rotatable bonds is 2. The van der Waals surface area contributed by atoms with Crippen LogP contribution in [-0.2, 0) is 18.4 Å². The van der Waals surface area contributed by atoms with E-state index in [0.29, 0.717) is 6.04 Å². The molecule has 0 saturated carbocycles. The Morgan fingerprint density at radius 1 is 1.37 bits per heavy atom. The number of fused-ring (bicyclic) bond motifs is 1. The number of hydrogen-bond donors (Lipinski definition) is 1. The molecule has 0 fully saturated rings. The van der Waals surface area contributed by atoms with Crippen LogP contribution in [0.3, 0.4) is 0 Å². The predicted octanol–water partition coefficient (Wildman–Crippen LogP) is 2.01. The van der Waals surface area contributed by atoms with Gasteiger partial charge in [0.1, 0.15) is 11.6 Å². The first-order chi connectivity index (χ1) is 9.02. The molecule has 5 nitrogen and oxygen atoms in total. The summed E-state index contributed by atoms with van der Waals surface area (Å²) in [5, 5.41) is 3.49. The minimum atomic E-state index is -0.0252. The largest absolute Gasteiger partial charge is 0.365 e. The second-order valence-electron chi connectivity index (χ2n) is 6.10. The van der Waals surface area contributed by atoms with E-state index >= 15 is 0 Å². The molecular weight excluding hydrogens is 238 g/mol. The fourth-order valence-corrected chi connectivity index (χ4v) is 2.34. The molecule has 1 unspecified atom stereocenters. The normalized spacial score (nSPS) is 18.4. The van der Waals surface area contributed by atoms with Crippen LogP contribution in [0.2, 0.25) is 0 Å². The van der Waals surface area contributed by atoms with Crippen molar-refractivity contribution in [2.75, 3.05) is 5.32 Å². The maximum atomic E-state index is 4.61. The standard InChI is InChI=1S/C14H19N5/c1-14(2,3)13-16-5-4-12(18-13)17-10-6-11-7-15-9-19(11)8-10/h4-5,7,9-10H,6,8H2,1-3H3,(H,16,17,18). The Balaban J connectivity index is 1.73. The first-order valence-corrected chi connectivity index (χ1v) is 6.61. The maximum absolute atomic E-state index is 4.61. The zero-order chi connectivity index (χ0) is 13.5. The van der Waals surface area contributed by atoms with Gasteiger partial charge in [0.2, 0.25) is 0 Å². The highest BCUT2D eigenvalue weighted by Gasteiger charge is 2.22.